The van der Waals surface area contributed by atoms with Crippen molar-refractivity contribution in [2.24, 2.45) is 0 Å². The second-order valence-corrected chi connectivity index (χ2v) is 6.85. The lowest BCUT2D eigenvalue weighted by molar-refractivity contribution is 0.205. The highest BCUT2D eigenvalue weighted by molar-refractivity contribution is 5.43. The number of hydrogen-bond donors (Lipinski definition) is 0. The molecule has 5 heteroatoms. The van der Waals surface area contributed by atoms with Gasteiger partial charge in [-0.3, -0.25) is 4.90 Å². The maximum atomic E-state index is 5.80. The zero-order valence-corrected chi connectivity index (χ0v) is 15.6. The molecule has 0 unspecified atom stereocenters. The minimum atomic E-state index is 0.127. The first-order valence-electron chi connectivity index (χ1n) is 9.13. The molecule has 3 rings (SSSR count). The summed E-state index contributed by atoms with van der Waals surface area (Å²) in [5.41, 5.74) is 2.24. The Kier molecular flexibility index (Phi) is 5.63. The number of nitrogens with zero attached hydrogens (tertiary/aromatic N) is 2. The van der Waals surface area contributed by atoms with Gasteiger partial charge in [0.2, 0.25) is 0 Å². The Labute approximate surface area is 149 Å². The summed E-state index contributed by atoms with van der Waals surface area (Å²) in [5.74, 6) is 2.57. The van der Waals surface area contributed by atoms with Crippen LogP contribution in [0.3, 0.4) is 0 Å². The summed E-state index contributed by atoms with van der Waals surface area (Å²) in [7, 11) is 1.69. The van der Waals surface area contributed by atoms with Gasteiger partial charge in [-0.25, -0.2) is 0 Å². The molecule has 0 aliphatic carbocycles. The van der Waals surface area contributed by atoms with Gasteiger partial charge in [-0.1, -0.05) is 18.1 Å². The van der Waals surface area contributed by atoms with Crippen molar-refractivity contribution in [2.45, 2.75) is 58.7 Å². The van der Waals surface area contributed by atoms with E-state index in [2.05, 4.69) is 35.2 Å². The van der Waals surface area contributed by atoms with Crippen molar-refractivity contribution in [1.82, 2.24) is 10.1 Å². The monoisotopic (exact) mass is 344 g/mol. The fourth-order valence-corrected chi connectivity index (χ4v) is 3.39. The van der Waals surface area contributed by atoms with Crippen molar-refractivity contribution < 1.29 is 14.0 Å². The number of aromatic nitrogens is 1. The van der Waals surface area contributed by atoms with Crippen LogP contribution in [0.5, 0.6) is 11.5 Å². The lowest BCUT2D eigenvalue weighted by Gasteiger charge is -2.23. The summed E-state index contributed by atoms with van der Waals surface area (Å²) < 4.78 is 16.9. The third-order valence-electron chi connectivity index (χ3n) is 4.61. The molecule has 2 aromatic rings. The smallest absolute Gasteiger partial charge is 0.161 e. The number of rotatable bonds is 7. The Morgan fingerprint density at radius 1 is 1.28 bits per heavy atom. The molecule has 5 nitrogen and oxygen atoms in total. The van der Waals surface area contributed by atoms with Gasteiger partial charge >= 0.3 is 0 Å². The van der Waals surface area contributed by atoms with E-state index in [4.69, 9.17) is 14.0 Å². The third-order valence-corrected chi connectivity index (χ3v) is 4.61. The Balaban J connectivity index is 1.74. The standard InChI is InChI=1S/C20H28N2O3/c1-5-16-12-19(25-21-16)17-7-6-10-22(17)13-15-8-9-18(24-14(2)3)20(11-15)23-4/h8-9,11-12,14,17H,5-7,10,13H2,1-4H3/t17-/m1/s1. The Morgan fingerprint density at radius 3 is 2.80 bits per heavy atom. The van der Waals surface area contributed by atoms with Gasteiger partial charge in [-0.05, 0) is 57.4 Å². The normalized spacial score (nSPS) is 18.0. The lowest BCUT2D eigenvalue weighted by atomic mass is 10.1. The molecule has 1 aliphatic heterocycles. The molecule has 1 aromatic carbocycles. The van der Waals surface area contributed by atoms with E-state index in [0.717, 1.165) is 48.9 Å². The van der Waals surface area contributed by atoms with E-state index in [1.165, 1.54) is 12.0 Å². The van der Waals surface area contributed by atoms with Crippen molar-refractivity contribution in [3.8, 4) is 11.5 Å². The molecule has 0 spiro atoms. The van der Waals surface area contributed by atoms with Crippen LogP contribution < -0.4 is 9.47 Å². The van der Waals surface area contributed by atoms with E-state index in [0.29, 0.717) is 6.04 Å². The highest BCUT2D eigenvalue weighted by Crippen LogP contribution is 2.35. The number of hydrogen-bond acceptors (Lipinski definition) is 5. The van der Waals surface area contributed by atoms with Crippen molar-refractivity contribution in [3.63, 3.8) is 0 Å². The molecule has 1 saturated heterocycles. The average molecular weight is 344 g/mol. The zero-order valence-electron chi connectivity index (χ0n) is 15.6. The highest BCUT2D eigenvalue weighted by atomic mass is 16.5. The van der Waals surface area contributed by atoms with Gasteiger partial charge in [0.25, 0.3) is 0 Å². The molecule has 1 atom stereocenters. The number of ether oxygens (including phenoxy) is 2. The number of likely N-dealkylation sites (tertiary alicyclic amines) is 1. The Hall–Kier alpha value is -2.01. The highest BCUT2D eigenvalue weighted by Gasteiger charge is 2.29. The molecule has 0 saturated carbocycles. The average Bonchev–Trinajstić information content (AvgIpc) is 3.24. The van der Waals surface area contributed by atoms with E-state index in [-0.39, 0.29) is 6.10 Å². The SMILES string of the molecule is CCc1cc([C@H]2CCCN2Cc2ccc(OC(C)C)c(OC)c2)on1. The molecule has 0 amide bonds. The molecular formula is C20H28N2O3. The number of benzene rings is 1. The van der Waals surface area contributed by atoms with Gasteiger partial charge < -0.3 is 14.0 Å². The van der Waals surface area contributed by atoms with Crippen molar-refractivity contribution in [1.29, 1.82) is 0 Å². The first-order chi connectivity index (χ1) is 12.1. The van der Waals surface area contributed by atoms with E-state index in [9.17, 15) is 0 Å². The van der Waals surface area contributed by atoms with E-state index >= 15 is 0 Å². The molecule has 1 aliphatic rings. The topological polar surface area (TPSA) is 47.7 Å². The number of methoxy groups -OCH3 is 1. The molecule has 2 heterocycles. The molecule has 0 bridgehead atoms. The van der Waals surface area contributed by atoms with Gasteiger partial charge in [0.15, 0.2) is 17.3 Å². The van der Waals surface area contributed by atoms with Crippen LogP contribution in [0.2, 0.25) is 0 Å². The summed E-state index contributed by atoms with van der Waals surface area (Å²) in [6.45, 7) is 8.07. The maximum absolute atomic E-state index is 5.80. The van der Waals surface area contributed by atoms with E-state index in [1.807, 2.05) is 19.9 Å². The number of aryl methyl sites for hydroxylation is 1. The van der Waals surface area contributed by atoms with E-state index in [1.54, 1.807) is 7.11 Å². The molecule has 0 radical (unpaired) electrons. The summed E-state index contributed by atoms with van der Waals surface area (Å²) in [5, 5.41) is 4.15. The molecular weight excluding hydrogens is 316 g/mol. The summed E-state index contributed by atoms with van der Waals surface area (Å²) in [4.78, 5) is 2.46. The molecule has 25 heavy (non-hydrogen) atoms. The Bertz CT molecular complexity index is 696. The first-order valence-corrected chi connectivity index (χ1v) is 9.13. The van der Waals surface area contributed by atoms with Gasteiger partial charge in [0, 0.05) is 12.6 Å². The second kappa shape index (κ2) is 7.91. The van der Waals surface area contributed by atoms with Crippen LogP contribution in [0.25, 0.3) is 0 Å². The molecule has 1 aromatic heterocycles. The first kappa shape index (κ1) is 17.8. The largest absolute Gasteiger partial charge is 0.493 e. The Morgan fingerprint density at radius 2 is 2.12 bits per heavy atom. The fraction of sp³-hybridized carbons (Fsp3) is 0.550. The maximum Gasteiger partial charge on any atom is 0.161 e. The molecule has 1 fully saturated rings. The predicted molar refractivity (Wildman–Crippen MR) is 97.0 cm³/mol. The molecule has 136 valence electrons. The van der Waals surface area contributed by atoms with Crippen LogP contribution in [-0.4, -0.2) is 29.8 Å². The molecule has 0 N–H and O–H groups in total. The summed E-state index contributed by atoms with van der Waals surface area (Å²) in [6.07, 6.45) is 3.33. The minimum Gasteiger partial charge on any atom is -0.493 e. The summed E-state index contributed by atoms with van der Waals surface area (Å²) >= 11 is 0. The van der Waals surface area contributed by atoms with Crippen LogP contribution in [0, 0.1) is 0 Å². The van der Waals surface area contributed by atoms with Crippen LogP contribution in [-0.2, 0) is 13.0 Å². The van der Waals surface area contributed by atoms with Crippen LogP contribution in [0.1, 0.15) is 56.7 Å². The van der Waals surface area contributed by atoms with Crippen LogP contribution in [0.15, 0.2) is 28.8 Å². The van der Waals surface area contributed by atoms with E-state index < -0.39 is 0 Å². The van der Waals surface area contributed by atoms with Crippen LogP contribution >= 0.6 is 0 Å². The van der Waals surface area contributed by atoms with Crippen molar-refractivity contribution >= 4 is 0 Å². The van der Waals surface area contributed by atoms with Gasteiger partial charge in [-0.15, -0.1) is 0 Å². The van der Waals surface area contributed by atoms with Gasteiger partial charge in [-0.2, -0.15) is 0 Å². The van der Waals surface area contributed by atoms with Gasteiger partial charge in [0.05, 0.1) is 24.9 Å². The fourth-order valence-electron chi connectivity index (χ4n) is 3.39. The predicted octanol–water partition coefficient (Wildman–Crippen LogP) is 4.37. The minimum absolute atomic E-state index is 0.127. The lowest BCUT2D eigenvalue weighted by Crippen LogP contribution is -2.22. The second-order valence-electron chi connectivity index (χ2n) is 6.85. The summed E-state index contributed by atoms with van der Waals surface area (Å²) in [6, 6.07) is 8.61. The van der Waals surface area contributed by atoms with Crippen molar-refractivity contribution in [2.75, 3.05) is 13.7 Å². The van der Waals surface area contributed by atoms with Crippen LogP contribution in [0.4, 0.5) is 0 Å². The third kappa shape index (κ3) is 4.15. The van der Waals surface area contributed by atoms with Crippen molar-refractivity contribution in [3.05, 3.63) is 41.3 Å². The van der Waals surface area contributed by atoms with Gasteiger partial charge in [0.1, 0.15) is 0 Å². The zero-order chi connectivity index (χ0) is 17.8. The quantitative estimate of drug-likeness (QED) is 0.746.